The number of hydrogen-bond donors (Lipinski definition) is 0. The Kier molecular flexibility index (Phi) is 7.22. The smallest absolute Gasteiger partial charge is 0.164 e. The molecule has 0 atom stereocenters. The summed E-state index contributed by atoms with van der Waals surface area (Å²) in [7, 11) is 0. The van der Waals surface area contributed by atoms with E-state index in [4.69, 9.17) is 15.0 Å². The van der Waals surface area contributed by atoms with E-state index in [-0.39, 0.29) is 0 Å². The zero-order valence-corrected chi connectivity index (χ0v) is 33.0. The van der Waals surface area contributed by atoms with Crippen LogP contribution >= 0.6 is 0 Å². The van der Waals surface area contributed by atoms with Gasteiger partial charge in [0.15, 0.2) is 17.5 Å². The molecule has 2 aliphatic carbocycles. The predicted octanol–water partition coefficient (Wildman–Crippen LogP) is 14.3. The zero-order valence-electron chi connectivity index (χ0n) is 33.0. The lowest BCUT2D eigenvalue weighted by molar-refractivity contribution is 0.794. The molecule has 0 N–H and O–H groups in total. The zero-order chi connectivity index (χ0) is 40.1. The Bertz CT molecular complexity index is 3540. The Morgan fingerprint density at radius 2 is 0.738 bits per heavy atom. The van der Waals surface area contributed by atoms with E-state index in [0.29, 0.717) is 17.5 Å². The van der Waals surface area contributed by atoms with Crippen molar-refractivity contribution in [3.8, 4) is 67.5 Å². The molecule has 0 radical (unpaired) electrons. The SMILES string of the molecule is c1ccc(-c2nc(-c3ccc(-c4c5ccccc5cc5c4ccc4ccccc45)cc3)nc(-c3ccc4c(c3)-c3ccccc3C43c4ccccc4-c4ccccc43)n2)cc1. The Hall–Kier alpha value is -8.01. The van der Waals surface area contributed by atoms with Gasteiger partial charge in [0.1, 0.15) is 0 Å². The number of rotatable bonds is 4. The highest BCUT2D eigenvalue weighted by molar-refractivity contribution is 6.20. The molecule has 0 fully saturated rings. The minimum Gasteiger partial charge on any atom is -0.208 e. The molecule has 0 bridgehead atoms. The molecule has 0 unspecified atom stereocenters. The second-order valence-electron chi connectivity index (χ2n) is 16.3. The van der Waals surface area contributed by atoms with E-state index in [9.17, 15) is 0 Å². The summed E-state index contributed by atoms with van der Waals surface area (Å²) in [6.07, 6.45) is 0. The van der Waals surface area contributed by atoms with Crippen molar-refractivity contribution in [1.29, 1.82) is 0 Å². The fraction of sp³-hybridized carbons (Fsp3) is 0.0172. The van der Waals surface area contributed by atoms with Gasteiger partial charge < -0.3 is 0 Å². The van der Waals surface area contributed by atoms with Crippen LogP contribution in [0.25, 0.3) is 99.9 Å². The van der Waals surface area contributed by atoms with E-state index >= 15 is 0 Å². The van der Waals surface area contributed by atoms with Gasteiger partial charge >= 0.3 is 0 Å². The summed E-state index contributed by atoms with van der Waals surface area (Å²) in [5.74, 6) is 1.93. The van der Waals surface area contributed by atoms with Gasteiger partial charge in [-0.05, 0) is 100 Å². The topological polar surface area (TPSA) is 38.7 Å². The van der Waals surface area contributed by atoms with E-state index < -0.39 is 5.41 Å². The molecule has 10 aromatic carbocycles. The summed E-state index contributed by atoms with van der Waals surface area (Å²) in [4.78, 5) is 15.6. The Morgan fingerprint density at radius 1 is 0.262 bits per heavy atom. The molecule has 1 aromatic heterocycles. The first-order valence-corrected chi connectivity index (χ1v) is 20.9. The minimum atomic E-state index is -0.401. The van der Waals surface area contributed by atoms with Gasteiger partial charge in [-0.25, -0.2) is 15.0 Å². The van der Waals surface area contributed by atoms with Gasteiger partial charge in [-0.2, -0.15) is 0 Å². The summed E-state index contributed by atoms with van der Waals surface area (Å²) in [6.45, 7) is 0. The molecule has 0 saturated carbocycles. The molecular formula is C58H35N3. The highest BCUT2D eigenvalue weighted by Gasteiger charge is 2.51. The minimum absolute atomic E-state index is 0.401. The van der Waals surface area contributed by atoms with Gasteiger partial charge in [-0.1, -0.05) is 200 Å². The lowest BCUT2D eigenvalue weighted by Gasteiger charge is -2.30. The van der Waals surface area contributed by atoms with Crippen LogP contribution in [0.3, 0.4) is 0 Å². The third-order valence-corrected chi connectivity index (χ3v) is 13.1. The van der Waals surface area contributed by atoms with E-state index in [1.54, 1.807) is 0 Å². The predicted molar refractivity (Wildman–Crippen MR) is 250 cm³/mol. The molecule has 0 aliphatic heterocycles. The standard InChI is InChI=1S/C58H35N3/c1-2-15-38(16-3-1)55-59-56(39-28-26-37(27-29-39)54-43-19-7-5-17-40(43)34-48-42-18-6-4-14-36(42)30-32-47(48)54)61-57(60-55)41-31-33-53-49(35-41)46-22-10-13-25-52(46)58(53)50-23-11-8-20-44(50)45-21-9-12-24-51(45)58/h1-35H. The van der Waals surface area contributed by atoms with Gasteiger partial charge in [0.05, 0.1) is 5.41 Å². The summed E-state index contributed by atoms with van der Waals surface area (Å²) < 4.78 is 0. The number of fused-ring (bicyclic) bond motifs is 14. The van der Waals surface area contributed by atoms with Crippen LogP contribution in [0, 0.1) is 0 Å². The van der Waals surface area contributed by atoms with Gasteiger partial charge in [0.25, 0.3) is 0 Å². The van der Waals surface area contributed by atoms with Crippen LogP contribution in [0.15, 0.2) is 212 Å². The highest BCUT2D eigenvalue weighted by atomic mass is 15.0. The van der Waals surface area contributed by atoms with Crippen molar-refractivity contribution in [3.63, 3.8) is 0 Å². The number of hydrogen-bond acceptors (Lipinski definition) is 3. The van der Waals surface area contributed by atoms with Crippen LogP contribution in [0.4, 0.5) is 0 Å². The summed E-state index contributed by atoms with van der Waals surface area (Å²) >= 11 is 0. The summed E-state index contributed by atoms with van der Waals surface area (Å²) in [6, 6.07) is 76.8. The maximum absolute atomic E-state index is 5.26. The molecule has 11 aromatic rings. The van der Waals surface area contributed by atoms with Gasteiger partial charge in [0, 0.05) is 16.7 Å². The summed E-state index contributed by atoms with van der Waals surface area (Å²) in [5.41, 5.74) is 15.1. The van der Waals surface area contributed by atoms with Crippen molar-refractivity contribution in [3.05, 3.63) is 235 Å². The van der Waals surface area contributed by atoms with Crippen LogP contribution in [-0.2, 0) is 5.41 Å². The monoisotopic (exact) mass is 773 g/mol. The Balaban J connectivity index is 0.973. The second kappa shape index (κ2) is 13.0. The first kappa shape index (κ1) is 33.9. The molecular weight excluding hydrogens is 739 g/mol. The van der Waals surface area contributed by atoms with Gasteiger partial charge in [0.2, 0.25) is 0 Å². The second-order valence-corrected chi connectivity index (χ2v) is 16.3. The fourth-order valence-corrected chi connectivity index (χ4v) is 10.5. The van der Waals surface area contributed by atoms with Gasteiger partial charge in [-0.15, -0.1) is 0 Å². The molecule has 3 nitrogen and oxygen atoms in total. The first-order chi connectivity index (χ1) is 30.2. The molecule has 2 aliphatic rings. The van der Waals surface area contributed by atoms with E-state index in [1.165, 1.54) is 82.4 Å². The third-order valence-electron chi connectivity index (χ3n) is 13.1. The lowest BCUT2D eigenvalue weighted by atomic mass is 9.70. The average Bonchev–Trinajstić information content (AvgIpc) is 3.80. The van der Waals surface area contributed by atoms with Crippen molar-refractivity contribution in [2.45, 2.75) is 5.41 Å². The van der Waals surface area contributed by atoms with E-state index in [0.717, 1.165) is 22.3 Å². The van der Waals surface area contributed by atoms with E-state index in [2.05, 4.69) is 194 Å². The van der Waals surface area contributed by atoms with Gasteiger partial charge in [-0.3, -0.25) is 0 Å². The molecule has 1 spiro atoms. The first-order valence-electron chi connectivity index (χ1n) is 20.9. The molecule has 282 valence electrons. The van der Waals surface area contributed by atoms with Crippen LogP contribution in [0.2, 0.25) is 0 Å². The van der Waals surface area contributed by atoms with Crippen molar-refractivity contribution < 1.29 is 0 Å². The summed E-state index contributed by atoms with van der Waals surface area (Å²) in [5, 5.41) is 7.46. The van der Waals surface area contributed by atoms with E-state index in [1.807, 2.05) is 18.2 Å². The molecule has 3 heteroatoms. The quantitative estimate of drug-likeness (QED) is 0.132. The number of nitrogens with zero attached hydrogens (tertiary/aromatic N) is 3. The third kappa shape index (κ3) is 4.89. The van der Waals surface area contributed by atoms with Crippen molar-refractivity contribution >= 4 is 32.3 Å². The van der Waals surface area contributed by atoms with Crippen molar-refractivity contribution in [2.75, 3.05) is 0 Å². The maximum atomic E-state index is 5.26. The maximum Gasteiger partial charge on any atom is 0.164 e. The number of aromatic nitrogens is 3. The Labute approximate surface area is 353 Å². The average molecular weight is 774 g/mol. The fourth-order valence-electron chi connectivity index (χ4n) is 10.5. The highest BCUT2D eigenvalue weighted by Crippen LogP contribution is 2.63. The lowest BCUT2D eigenvalue weighted by Crippen LogP contribution is -2.25. The normalized spacial score (nSPS) is 13.0. The molecule has 1 heterocycles. The largest absolute Gasteiger partial charge is 0.208 e. The van der Waals surface area contributed by atoms with Crippen LogP contribution in [-0.4, -0.2) is 15.0 Å². The molecule has 13 rings (SSSR count). The van der Waals surface area contributed by atoms with Crippen molar-refractivity contribution in [2.24, 2.45) is 0 Å². The molecule has 0 amide bonds. The van der Waals surface area contributed by atoms with Crippen LogP contribution in [0.5, 0.6) is 0 Å². The molecule has 0 saturated heterocycles. The molecule has 61 heavy (non-hydrogen) atoms. The van der Waals surface area contributed by atoms with Crippen molar-refractivity contribution in [1.82, 2.24) is 15.0 Å². The van der Waals surface area contributed by atoms with Crippen LogP contribution in [0.1, 0.15) is 22.3 Å². The van der Waals surface area contributed by atoms with Crippen LogP contribution < -0.4 is 0 Å². The Morgan fingerprint density at radius 3 is 1.41 bits per heavy atom. The number of benzene rings is 10.